The van der Waals surface area contributed by atoms with Gasteiger partial charge in [0.15, 0.2) is 0 Å². The van der Waals surface area contributed by atoms with E-state index in [1.807, 2.05) is 20.8 Å². The van der Waals surface area contributed by atoms with Crippen molar-refractivity contribution in [3.63, 3.8) is 0 Å². The lowest BCUT2D eigenvalue weighted by Crippen LogP contribution is -2.37. The predicted molar refractivity (Wildman–Crippen MR) is 86.9 cm³/mol. The number of aliphatic hydroxyl groups is 1. The first-order valence-corrected chi connectivity index (χ1v) is 8.56. The molecule has 0 amide bonds. The van der Waals surface area contributed by atoms with Crippen molar-refractivity contribution in [3.8, 4) is 0 Å². The normalized spacial score (nSPS) is 20.6. The maximum Gasteiger partial charge on any atom is 0.0900 e. The second kappa shape index (κ2) is 6.73. The molecule has 0 saturated heterocycles. The van der Waals surface area contributed by atoms with Gasteiger partial charge in [-0.05, 0) is 54.0 Å². The average molecular weight is 312 g/mol. The van der Waals surface area contributed by atoms with Crippen LogP contribution in [0, 0.1) is 6.92 Å². The van der Waals surface area contributed by atoms with Gasteiger partial charge < -0.3 is 9.84 Å². The van der Waals surface area contributed by atoms with Crippen molar-refractivity contribution < 1.29 is 9.84 Å². The Hall–Kier alpha value is -0.490. The van der Waals surface area contributed by atoms with Crippen LogP contribution in [0.2, 0.25) is 0 Å². The summed E-state index contributed by atoms with van der Waals surface area (Å²) in [6, 6.07) is 0.393. The fourth-order valence-corrected chi connectivity index (χ4v) is 3.97. The SMILES string of the molecule is Cc1nc2c(s1)C(N(C)CC(O)COC(C)(C)C)CCC2. The van der Waals surface area contributed by atoms with Crippen molar-refractivity contribution in [1.29, 1.82) is 0 Å². The number of hydrogen-bond acceptors (Lipinski definition) is 5. The fraction of sp³-hybridized carbons (Fsp3) is 0.812. The Morgan fingerprint density at radius 2 is 2.19 bits per heavy atom. The molecule has 0 aromatic carbocycles. The van der Waals surface area contributed by atoms with Crippen molar-refractivity contribution in [3.05, 3.63) is 15.6 Å². The van der Waals surface area contributed by atoms with E-state index in [9.17, 15) is 5.11 Å². The highest BCUT2D eigenvalue weighted by atomic mass is 32.1. The summed E-state index contributed by atoms with van der Waals surface area (Å²) in [5.74, 6) is 0. The van der Waals surface area contributed by atoms with Crippen LogP contribution >= 0.6 is 11.3 Å². The molecule has 1 heterocycles. The highest BCUT2D eigenvalue weighted by Crippen LogP contribution is 2.37. The van der Waals surface area contributed by atoms with Crippen LogP contribution in [0.1, 0.15) is 55.2 Å². The Bertz CT molecular complexity index is 467. The predicted octanol–water partition coefficient (Wildman–Crippen LogP) is 2.94. The zero-order chi connectivity index (χ0) is 15.6. The number of thiazole rings is 1. The third-order valence-corrected chi connectivity index (χ3v) is 4.88. The third kappa shape index (κ3) is 4.74. The van der Waals surface area contributed by atoms with Crippen LogP contribution in [0.25, 0.3) is 0 Å². The summed E-state index contributed by atoms with van der Waals surface area (Å²) < 4.78 is 5.67. The van der Waals surface area contributed by atoms with Crippen molar-refractivity contribution >= 4 is 11.3 Å². The summed E-state index contributed by atoms with van der Waals surface area (Å²) in [4.78, 5) is 8.29. The molecule has 1 aliphatic carbocycles. The minimum Gasteiger partial charge on any atom is -0.389 e. The summed E-state index contributed by atoms with van der Waals surface area (Å²) in [6.45, 7) is 9.13. The van der Waals surface area contributed by atoms with Crippen LogP contribution in [0.5, 0.6) is 0 Å². The van der Waals surface area contributed by atoms with Gasteiger partial charge in [-0.2, -0.15) is 0 Å². The van der Waals surface area contributed by atoms with Gasteiger partial charge in [0.05, 0.1) is 29.0 Å². The lowest BCUT2D eigenvalue weighted by Gasteiger charge is -2.32. The van der Waals surface area contributed by atoms with Gasteiger partial charge in [0.1, 0.15) is 0 Å². The Kier molecular flexibility index (Phi) is 5.41. The van der Waals surface area contributed by atoms with Crippen molar-refractivity contribution in [2.24, 2.45) is 0 Å². The molecule has 0 spiro atoms. The molecular formula is C16H28N2O2S. The van der Waals surface area contributed by atoms with Crippen molar-refractivity contribution in [1.82, 2.24) is 9.88 Å². The average Bonchev–Trinajstić information content (AvgIpc) is 2.75. The Morgan fingerprint density at radius 3 is 2.86 bits per heavy atom. The Balaban J connectivity index is 1.93. The quantitative estimate of drug-likeness (QED) is 0.908. The lowest BCUT2D eigenvalue weighted by atomic mass is 9.97. The number of fused-ring (bicyclic) bond motifs is 1. The minimum atomic E-state index is -0.450. The van der Waals surface area contributed by atoms with Gasteiger partial charge in [0, 0.05) is 17.5 Å². The van der Waals surface area contributed by atoms with Crippen LogP contribution in [0.3, 0.4) is 0 Å². The number of nitrogens with zero attached hydrogens (tertiary/aromatic N) is 2. The fourth-order valence-electron chi connectivity index (χ4n) is 2.80. The topological polar surface area (TPSA) is 45.6 Å². The van der Waals surface area contributed by atoms with Crippen LogP contribution < -0.4 is 0 Å². The van der Waals surface area contributed by atoms with Gasteiger partial charge in [-0.3, -0.25) is 4.90 Å². The summed E-state index contributed by atoms with van der Waals surface area (Å²) in [6.07, 6.45) is 2.98. The summed E-state index contributed by atoms with van der Waals surface area (Å²) in [7, 11) is 2.09. The van der Waals surface area contributed by atoms with Gasteiger partial charge in [-0.15, -0.1) is 11.3 Å². The number of aliphatic hydroxyl groups excluding tert-OH is 1. The van der Waals surface area contributed by atoms with E-state index in [0.717, 1.165) is 17.8 Å². The molecule has 2 unspecified atom stereocenters. The van der Waals surface area contributed by atoms with Gasteiger partial charge in [0.2, 0.25) is 0 Å². The van der Waals surface area contributed by atoms with Crippen LogP contribution in [0.4, 0.5) is 0 Å². The highest BCUT2D eigenvalue weighted by Gasteiger charge is 2.28. The highest BCUT2D eigenvalue weighted by molar-refractivity contribution is 7.11. The van der Waals surface area contributed by atoms with Crippen LogP contribution in [0.15, 0.2) is 0 Å². The third-order valence-electron chi connectivity index (χ3n) is 3.77. The van der Waals surface area contributed by atoms with Crippen LogP contribution in [-0.2, 0) is 11.2 Å². The van der Waals surface area contributed by atoms with E-state index in [1.165, 1.54) is 17.0 Å². The number of aryl methyl sites for hydroxylation is 2. The molecular weight excluding hydrogens is 284 g/mol. The first-order valence-electron chi connectivity index (χ1n) is 7.75. The zero-order valence-corrected chi connectivity index (χ0v) is 14.7. The second-order valence-corrected chi connectivity index (χ2v) is 8.20. The van der Waals surface area contributed by atoms with Crippen LogP contribution in [-0.4, -0.2) is 46.9 Å². The Morgan fingerprint density at radius 1 is 1.48 bits per heavy atom. The maximum absolute atomic E-state index is 10.2. The summed E-state index contributed by atoms with van der Waals surface area (Å²) >= 11 is 1.81. The largest absolute Gasteiger partial charge is 0.389 e. The lowest BCUT2D eigenvalue weighted by molar-refractivity contribution is -0.0573. The van der Waals surface area contributed by atoms with E-state index < -0.39 is 6.10 Å². The molecule has 1 aliphatic rings. The van der Waals surface area contributed by atoms with Gasteiger partial charge in [-0.1, -0.05) is 0 Å². The van der Waals surface area contributed by atoms with Crippen molar-refractivity contribution in [2.75, 3.05) is 20.2 Å². The van der Waals surface area contributed by atoms with Gasteiger partial charge >= 0.3 is 0 Å². The van der Waals surface area contributed by atoms with E-state index in [4.69, 9.17) is 4.74 Å². The number of rotatable bonds is 5. The maximum atomic E-state index is 10.2. The monoisotopic (exact) mass is 312 g/mol. The molecule has 0 aliphatic heterocycles. The molecule has 1 aromatic heterocycles. The molecule has 0 saturated carbocycles. The summed E-state index contributed by atoms with van der Waals surface area (Å²) in [5.41, 5.74) is 1.06. The molecule has 5 heteroatoms. The van der Waals surface area contributed by atoms with Gasteiger partial charge in [0.25, 0.3) is 0 Å². The standard InChI is InChI=1S/C16H28N2O2S/c1-11-17-13-7-6-8-14(15(13)21-11)18(5)9-12(19)10-20-16(2,3)4/h12,14,19H,6-10H2,1-5H3. The molecule has 0 bridgehead atoms. The van der Waals surface area contributed by atoms with Gasteiger partial charge in [-0.25, -0.2) is 4.98 Å². The van der Waals surface area contributed by atoms with Crippen molar-refractivity contribution in [2.45, 2.75) is 64.7 Å². The number of ether oxygens (including phenoxy) is 1. The molecule has 0 radical (unpaired) electrons. The number of likely N-dealkylation sites (N-methyl/N-ethyl adjacent to an activating group) is 1. The molecule has 2 rings (SSSR count). The molecule has 1 aromatic rings. The Labute approximate surface area is 132 Å². The molecule has 120 valence electrons. The zero-order valence-electron chi connectivity index (χ0n) is 13.8. The smallest absolute Gasteiger partial charge is 0.0900 e. The van der Waals surface area contributed by atoms with E-state index in [1.54, 1.807) is 11.3 Å². The first-order chi connectivity index (χ1) is 9.76. The first kappa shape index (κ1) is 16.9. The molecule has 0 fully saturated rings. The van der Waals surface area contributed by atoms with E-state index in [0.29, 0.717) is 19.2 Å². The molecule has 1 N–H and O–H groups in total. The van der Waals surface area contributed by atoms with E-state index in [2.05, 4.69) is 23.9 Å². The number of aromatic nitrogens is 1. The molecule has 21 heavy (non-hydrogen) atoms. The second-order valence-electron chi connectivity index (χ2n) is 6.97. The summed E-state index contributed by atoms with van der Waals surface area (Å²) in [5, 5.41) is 11.3. The van der Waals surface area contributed by atoms with E-state index in [-0.39, 0.29) is 5.60 Å². The molecule has 4 nitrogen and oxygen atoms in total. The minimum absolute atomic E-state index is 0.202. The molecule has 2 atom stereocenters. The van der Waals surface area contributed by atoms with E-state index >= 15 is 0 Å². The number of hydrogen-bond donors (Lipinski definition) is 1.